The first-order chi connectivity index (χ1) is 9.05. The maximum atomic E-state index is 6.09. The largest absolute Gasteiger partial charge is 0.474 e. The SMILES string of the molecule is CCC(CC)(CCl)CNc1cncc(OC(C)C)n1. The summed E-state index contributed by atoms with van der Waals surface area (Å²) in [6, 6.07) is 0. The highest BCUT2D eigenvalue weighted by Gasteiger charge is 2.24. The molecule has 0 aromatic carbocycles. The lowest BCUT2D eigenvalue weighted by Gasteiger charge is -2.29. The topological polar surface area (TPSA) is 47.0 Å². The van der Waals surface area contributed by atoms with Crippen LogP contribution in [0.1, 0.15) is 40.5 Å². The third-order valence-electron chi connectivity index (χ3n) is 3.40. The molecule has 1 heterocycles. The van der Waals surface area contributed by atoms with Gasteiger partial charge in [0.05, 0.1) is 18.5 Å². The fourth-order valence-electron chi connectivity index (χ4n) is 1.75. The van der Waals surface area contributed by atoms with E-state index in [4.69, 9.17) is 16.3 Å². The summed E-state index contributed by atoms with van der Waals surface area (Å²) >= 11 is 6.09. The minimum absolute atomic E-state index is 0.0952. The van der Waals surface area contributed by atoms with Crippen LogP contribution in [0.3, 0.4) is 0 Å². The van der Waals surface area contributed by atoms with Crippen molar-refractivity contribution in [3.63, 3.8) is 0 Å². The van der Waals surface area contributed by atoms with Crippen LogP contribution in [-0.4, -0.2) is 28.5 Å². The first-order valence-electron chi connectivity index (χ1n) is 6.83. The van der Waals surface area contributed by atoms with Gasteiger partial charge in [-0.25, -0.2) is 0 Å². The van der Waals surface area contributed by atoms with Crippen molar-refractivity contribution in [3.8, 4) is 5.88 Å². The third-order valence-corrected chi connectivity index (χ3v) is 3.96. The van der Waals surface area contributed by atoms with E-state index in [0.29, 0.717) is 11.8 Å². The molecule has 19 heavy (non-hydrogen) atoms. The van der Waals surface area contributed by atoms with Crippen LogP contribution in [0.5, 0.6) is 5.88 Å². The highest BCUT2D eigenvalue weighted by molar-refractivity contribution is 6.18. The number of hydrogen-bond acceptors (Lipinski definition) is 4. The molecule has 0 saturated heterocycles. The van der Waals surface area contributed by atoms with Gasteiger partial charge in [0.15, 0.2) is 0 Å². The zero-order valence-corrected chi connectivity index (χ0v) is 13.0. The number of nitrogens with one attached hydrogen (secondary N) is 1. The second-order valence-electron chi connectivity index (χ2n) is 5.10. The van der Waals surface area contributed by atoms with E-state index in [1.165, 1.54) is 0 Å². The highest BCUT2D eigenvalue weighted by Crippen LogP contribution is 2.28. The Morgan fingerprint density at radius 3 is 2.53 bits per heavy atom. The lowest BCUT2D eigenvalue weighted by atomic mass is 9.84. The van der Waals surface area contributed by atoms with Gasteiger partial charge < -0.3 is 10.1 Å². The number of nitrogens with zero attached hydrogens (tertiary/aromatic N) is 2. The zero-order chi connectivity index (χ0) is 14.3. The van der Waals surface area contributed by atoms with Crippen LogP contribution >= 0.6 is 11.6 Å². The van der Waals surface area contributed by atoms with Crippen LogP contribution in [0.15, 0.2) is 12.4 Å². The van der Waals surface area contributed by atoms with Gasteiger partial charge in [-0.1, -0.05) is 13.8 Å². The van der Waals surface area contributed by atoms with E-state index in [1.54, 1.807) is 12.4 Å². The standard InChI is InChI=1S/C14H24ClN3O/c1-5-14(6-2,9-15)10-17-12-7-16-8-13(18-12)19-11(3)4/h7-8,11H,5-6,9-10H2,1-4H3,(H,17,18). The van der Waals surface area contributed by atoms with Crippen LogP contribution in [0.4, 0.5) is 5.82 Å². The maximum Gasteiger partial charge on any atom is 0.234 e. The van der Waals surface area contributed by atoms with E-state index in [9.17, 15) is 0 Å². The molecule has 1 rings (SSSR count). The number of rotatable bonds is 8. The number of aromatic nitrogens is 2. The molecule has 4 nitrogen and oxygen atoms in total. The molecule has 0 atom stereocenters. The average molecular weight is 286 g/mol. The van der Waals surface area contributed by atoms with Crippen molar-refractivity contribution in [3.05, 3.63) is 12.4 Å². The second kappa shape index (κ2) is 7.53. The van der Waals surface area contributed by atoms with Crippen molar-refractivity contribution in [2.75, 3.05) is 17.7 Å². The summed E-state index contributed by atoms with van der Waals surface area (Å²) < 4.78 is 5.53. The first-order valence-corrected chi connectivity index (χ1v) is 7.37. The Kier molecular flexibility index (Phi) is 6.35. The minimum atomic E-state index is 0.0952. The van der Waals surface area contributed by atoms with Crippen LogP contribution in [-0.2, 0) is 0 Å². The number of anilines is 1. The fraction of sp³-hybridized carbons (Fsp3) is 0.714. The zero-order valence-electron chi connectivity index (χ0n) is 12.2. The molecule has 1 aromatic heterocycles. The molecule has 0 aliphatic carbocycles. The molecule has 0 spiro atoms. The molecule has 0 aliphatic heterocycles. The number of halogens is 1. The Labute approximate surface area is 120 Å². The van der Waals surface area contributed by atoms with Gasteiger partial charge in [0.2, 0.25) is 5.88 Å². The molecule has 108 valence electrons. The molecular weight excluding hydrogens is 262 g/mol. The Morgan fingerprint density at radius 1 is 1.32 bits per heavy atom. The van der Waals surface area contributed by atoms with E-state index in [1.807, 2.05) is 13.8 Å². The van der Waals surface area contributed by atoms with Gasteiger partial charge in [-0.15, -0.1) is 11.6 Å². The van der Waals surface area contributed by atoms with Crippen LogP contribution in [0.2, 0.25) is 0 Å². The summed E-state index contributed by atoms with van der Waals surface area (Å²) in [5.74, 6) is 1.92. The predicted molar refractivity (Wildman–Crippen MR) is 80.0 cm³/mol. The number of hydrogen-bond donors (Lipinski definition) is 1. The van der Waals surface area contributed by atoms with Crippen LogP contribution in [0, 0.1) is 5.41 Å². The lowest BCUT2D eigenvalue weighted by molar-refractivity contribution is 0.232. The first kappa shape index (κ1) is 16.0. The maximum absolute atomic E-state index is 6.09. The Balaban J connectivity index is 2.66. The summed E-state index contributed by atoms with van der Waals surface area (Å²) in [7, 11) is 0. The summed E-state index contributed by atoms with van der Waals surface area (Å²) in [6.45, 7) is 9.06. The molecule has 0 fully saturated rings. The average Bonchev–Trinajstić information content (AvgIpc) is 2.41. The molecule has 1 aromatic rings. The number of alkyl halides is 1. The second-order valence-corrected chi connectivity index (χ2v) is 5.37. The van der Waals surface area contributed by atoms with Gasteiger partial charge in [0.25, 0.3) is 0 Å². The van der Waals surface area contributed by atoms with Crippen LogP contribution in [0.25, 0.3) is 0 Å². The highest BCUT2D eigenvalue weighted by atomic mass is 35.5. The van der Waals surface area contributed by atoms with E-state index >= 15 is 0 Å². The van der Waals surface area contributed by atoms with Gasteiger partial charge in [-0.05, 0) is 26.7 Å². The molecular formula is C14H24ClN3O. The fourth-order valence-corrected chi connectivity index (χ4v) is 2.22. The predicted octanol–water partition coefficient (Wildman–Crippen LogP) is 3.72. The smallest absolute Gasteiger partial charge is 0.234 e. The van der Waals surface area contributed by atoms with Crippen molar-refractivity contribution >= 4 is 17.4 Å². The molecule has 0 radical (unpaired) electrons. The molecule has 5 heteroatoms. The molecule has 0 bridgehead atoms. The van der Waals surface area contributed by atoms with E-state index in [2.05, 4.69) is 29.1 Å². The van der Waals surface area contributed by atoms with Crippen molar-refractivity contribution in [1.29, 1.82) is 0 Å². The Bertz CT molecular complexity index is 372. The summed E-state index contributed by atoms with van der Waals surface area (Å²) in [5.41, 5.74) is 0.109. The summed E-state index contributed by atoms with van der Waals surface area (Å²) in [5, 5.41) is 3.31. The van der Waals surface area contributed by atoms with Gasteiger partial charge in [0.1, 0.15) is 5.82 Å². The number of ether oxygens (including phenoxy) is 1. The molecule has 0 amide bonds. The van der Waals surface area contributed by atoms with Crippen LogP contribution < -0.4 is 10.1 Å². The van der Waals surface area contributed by atoms with Gasteiger partial charge >= 0.3 is 0 Å². The van der Waals surface area contributed by atoms with Gasteiger partial charge in [-0.2, -0.15) is 4.98 Å². The monoisotopic (exact) mass is 285 g/mol. The van der Waals surface area contributed by atoms with Crippen molar-refractivity contribution in [2.24, 2.45) is 5.41 Å². The molecule has 0 saturated carbocycles. The third kappa shape index (κ3) is 4.86. The normalized spacial score (nSPS) is 11.7. The van der Waals surface area contributed by atoms with Gasteiger partial charge in [-0.3, -0.25) is 4.98 Å². The van der Waals surface area contributed by atoms with Crippen molar-refractivity contribution in [1.82, 2.24) is 9.97 Å². The quantitative estimate of drug-likeness (QED) is 0.740. The summed E-state index contributed by atoms with van der Waals surface area (Å²) in [6.07, 6.45) is 5.50. The Morgan fingerprint density at radius 2 is 2.00 bits per heavy atom. The minimum Gasteiger partial charge on any atom is -0.474 e. The van der Waals surface area contributed by atoms with Gasteiger partial charge in [0, 0.05) is 17.8 Å². The molecule has 1 N–H and O–H groups in total. The summed E-state index contributed by atoms with van der Waals surface area (Å²) in [4.78, 5) is 8.51. The van der Waals surface area contributed by atoms with Crippen molar-refractivity contribution in [2.45, 2.75) is 46.6 Å². The molecule has 0 unspecified atom stereocenters. The molecule has 0 aliphatic rings. The lowest BCUT2D eigenvalue weighted by Crippen LogP contribution is -2.30. The Hall–Kier alpha value is -1.03. The van der Waals surface area contributed by atoms with E-state index < -0.39 is 0 Å². The van der Waals surface area contributed by atoms with E-state index in [-0.39, 0.29) is 11.5 Å². The van der Waals surface area contributed by atoms with E-state index in [0.717, 1.165) is 25.2 Å². The van der Waals surface area contributed by atoms with Crippen molar-refractivity contribution < 1.29 is 4.74 Å².